The predicted molar refractivity (Wildman–Crippen MR) is 92.4 cm³/mol. The zero-order valence-corrected chi connectivity index (χ0v) is 14.8. The Morgan fingerprint density at radius 1 is 1.29 bits per heavy atom. The van der Waals surface area contributed by atoms with Gasteiger partial charge >= 0.3 is 0 Å². The minimum absolute atomic E-state index is 0. The first-order chi connectivity index (χ1) is 11.0. The van der Waals surface area contributed by atoms with E-state index in [1.165, 1.54) is 19.2 Å². The summed E-state index contributed by atoms with van der Waals surface area (Å²) < 4.78 is 18.4. The molecule has 5 nitrogen and oxygen atoms in total. The van der Waals surface area contributed by atoms with Gasteiger partial charge in [0.25, 0.3) is 0 Å². The maximum atomic E-state index is 13.6. The average Bonchev–Trinajstić information content (AvgIpc) is 2.59. The lowest BCUT2D eigenvalue weighted by molar-refractivity contribution is -0.132. The van der Waals surface area contributed by atoms with E-state index in [0.717, 1.165) is 32.0 Å². The lowest BCUT2D eigenvalue weighted by Crippen LogP contribution is -2.44. The van der Waals surface area contributed by atoms with Gasteiger partial charge in [-0.2, -0.15) is 0 Å². The van der Waals surface area contributed by atoms with Crippen LogP contribution in [-0.2, 0) is 4.79 Å². The van der Waals surface area contributed by atoms with Crippen LogP contribution in [0.25, 0.3) is 0 Å². The number of carbonyl (C=O) groups excluding carboxylic acids is 2. The highest BCUT2D eigenvalue weighted by Crippen LogP contribution is 2.19. The van der Waals surface area contributed by atoms with Crippen molar-refractivity contribution in [2.24, 2.45) is 0 Å². The van der Waals surface area contributed by atoms with Gasteiger partial charge in [0, 0.05) is 37.5 Å². The van der Waals surface area contributed by atoms with Gasteiger partial charge in [0.1, 0.15) is 0 Å². The number of ether oxygens (including phenoxy) is 1. The second kappa shape index (κ2) is 9.59. The molecule has 1 saturated heterocycles. The van der Waals surface area contributed by atoms with E-state index >= 15 is 0 Å². The molecule has 0 saturated carbocycles. The summed E-state index contributed by atoms with van der Waals surface area (Å²) in [5.74, 6) is -0.712. The van der Waals surface area contributed by atoms with Crippen LogP contribution in [0.4, 0.5) is 4.39 Å². The number of methoxy groups -OCH3 is 1. The maximum Gasteiger partial charge on any atom is 0.223 e. The molecule has 0 aromatic heterocycles. The molecule has 0 radical (unpaired) electrons. The van der Waals surface area contributed by atoms with Crippen molar-refractivity contribution in [1.29, 1.82) is 0 Å². The zero-order chi connectivity index (χ0) is 16.8. The molecule has 0 bridgehead atoms. The number of Topliss-reactive ketones (excluding diaryl/α,β-unsaturated/α-hetero) is 1. The van der Waals surface area contributed by atoms with Gasteiger partial charge in [-0.15, -0.1) is 12.4 Å². The Kier molecular flexibility index (Phi) is 8.15. The Morgan fingerprint density at radius 3 is 2.50 bits per heavy atom. The van der Waals surface area contributed by atoms with Crippen LogP contribution in [0.2, 0.25) is 0 Å². The molecule has 1 heterocycles. The third kappa shape index (κ3) is 5.18. The molecule has 24 heavy (non-hydrogen) atoms. The first kappa shape index (κ1) is 20.4. The molecule has 1 aliphatic heterocycles. The molecule has 1 amide bonds. The monoisotopic (exact) mass is 358 g/mol. The Labute approximate surface area is 148 Å². The lowest BCUT2D eigenvalue weighted by Gasteiger charge is -2.31. The number of hydrogen-bond donors (Lipinski definition) is 1. The molecular weight excluding hydrogens is 335 g/mol. The van der Waals surface area contributed by atoms with Crippen molar-refractivity contribution in [2.75, 3.05) is 27.2 Å². The fourth-order valence-electron chi connectivity index (χ4n) is 2.78. The number of ketones is 1. The highest BCUT2D eigenvalue weighted by atomic mass is 35.5. The summed E-state index contributed by atoms with van der Waals surface area (Å²) in [5, 5.41) is 3.21. The molecule has 0 spiro atoms. The minimum atomic E-state index is -0.571. The van der Waals surface area contributed by atoms with Crippen molar-refractivity contribution in [2.45, 2.75) is 31.7 Å². The van der Waals surface area contributed by atoms with Crippen LogP contribution in [0.15, 0.2) is 18.2 Å². The highest BCUT2D eigenvalue weighted by molar-refractivity contribution is 5.98. The average molecular weight is 359 g/mol. The Morgan fingerprint density at radius 2 is 1.96 bits per heavy atom. The highest BCUT2D eigenvalue weighted by Gasteiger charge is 2.22. The van der Waals surface area contributed by atoms with Crippen LogP contribution in [0.1, 0.15) is 36.0 Å². The van der Waals surface area contributed by atoms with E-state index in [1.54, 1.807) is 4.90 Å². The third-order valence-corrected chi connectivity index (χ3v) is 4.30. The lowest BCUT2D eigenvalue weighted by atomic mass is 10.0. The van der Waals surface area contributed by atoms with Gasteiger partial charge in [-0.3, -0.25) is 9.59 Å². The molecule has 0 unspecified atom stereocenters. The van der Waals surface area contributed by atoms with Crippen molar-refractivity contribution in [3.05, 3.63) is 29.6 Å². The normalized spacial score (nSPS) is 14.9. The van der Waals surface area contributed by atoms with E-state index < -0.39 is 5.82 Å². The zero-order valence-electron chi connectivity index (χ0n) is 14.0. The molecule has 1 N–H and O–H groups in total. The molecule has 2 rings (SSSR count). The van der Waals surface area contributed by atoms with E-state index in [0.29, 0.717) is 6.04 Å². The van der Waals surface area contributed by atoms with E-state index in [1.807, 2.05) is 7.05 Å². The molecular formula is C17H24ClFN2O3. The number of amides is 1. The summed E-state index contributed by atoms with van der Waals surface area (Å²) in [6.45, 7) is 1.44. The van der Waals surface area contributed by atoms with E-state index in [-0.39, 0.29) is 48.3 Å². The maximum absolute atomic E-state index is 13.6. The Bertz CT molecular complexity index is 575. The fraction of sp³-hybridized carbons (Fsp3) is 0.529. The molecule has 1 aromatic rings. The number of benzene rings is 1. The summed E-state index contributed by atoms with van der Waals surface area (Å²) in [6.07, 6.45) is 2.12. The summed E-state index contributed by atoms with van der Waals surface area (Å²) in [5.41, 5.74) is 0.269. The number of piperidine rings is 1. The smallest absolute Gasteiger partial charge is 0.223 e. The van der Waals surface area contributed by atoms with Gasteiger partial charge < -0.3 is 15.0 Å². The van der Waals surface area contributed by atoms with Crippen molar-refractivity contribution < 1.29 is 18.7 Å². The van der Waals surface area contributed by atoms with Gasteiger partial charge in [0.15, 0.2) is 17.3 Å². The topological polar surface area (TPSA) is 58.6 Å². The summed E-state index contributed by atoms with van der Waals surface area (Å²) in [6, 6.07) is 4.56. The minimum Gasteiger partial charge on any atom is -0.494 e. The third-order valence-electron chi connectivity index (χ3n) is 4.30. The first-order valence-electron chi connectivity index (χ1n) is 7.87. The van der Waals surface area contributed by atoms with Crippen LogP contribution in [0, 0.1) is 5.82 Å². The number of rotatable bonds is 6. The molecule has 0 atom stereocenters. The molecule has 7 heteroatoms. The van der Waals surface area contributed by atoms with Gasteiger partial charge in [-0.1, -0.05) is 0 Å². The van der Waals surface area contributed by atoms with Crippen LogP contribution >= 0.6 is 12.4 Å². The quantitative estimate of drug-likeness (QED) is 0.793. The predicted octanol–water partition coefficient (Wildman–Crippen LogP) is 2.43. The summed E-state index contributed by atoms with van der Waals surface area (Å²) in [7, 11) is 3.30. The Hall–Kier alpha value is -1.66. The van der Waals surface area contributed by atoms with Gasteiger partial charge in [-0.05, 0) is 38.1 Å². The van der Waals surface area contributed by atoms with E-state index in [4.69, 9.17) is 4.74 Å². The van der Waals surface area contributed by atoms with E-state index in [9.17, 15) is 14.0 Å². The number of hydrogen-bond acceptors (Lipinski definition) is 4. The molecule has 0 aliphatic carbocycles. The van der Waals surface area contributed by atoms with Gasteiger partial charge in [-0.25, -0.2) is 4.39 Å². The van der Waals surface area contributed by atoms with Crippen molar-refractivity contribution in [3.63, 3.8) is 0 Å². The molecule has 1 aromatic carbocycles. The second-order valence-corrected chi connectivity index (χ2v) is 5.72. The second-order valence-electron chi connectivity index (χ2n) is 5.72. The SMILES string of the molecule is CNC1CCN(C(=O)CCC(=O)c2ccc(OC)c(F)c2)CC1.Cl. The van der Waals surface area contributed by atoms with Crippen LogP contribution in [-0.4, -0.2) is 49.9 Å². The number of halogens is 2. The number of likely N-dealkylation sites (tertiary alicyclic amines) is 1. The summed E-state index contributed by atoms with van der Waals surface area (Å²) in [4.78, 5) is 26.1. The number of nitrogens with zero attached hydrogens (tertiary/aromatic N) is 1. The largest absolute Gasteiger partial charge is 0.494 e. The number of nitrogens with one attached hydrogen (secondary N) is 1. The van der Waals surface area contributed by atoms with Crippen LogP contribution in [0.5, 0.6) is 5.75 Å². The molecule has 1 fully saturated rings. The van der Waals surface area contributed by atoms with Crippen molar-refractivity contribution in [1.82, 2.24) is 10.2 Å². The summed E-state index contributed by atoms with van der Waals surface area (Å²) >= 11 is 0. The standard InChI is InChI=1S/C17H23FN2O3.ClH/c1-19-13-7-9-20(10-8-13)17(22)6-4-15(21)12-3-5-16(23-2)14(18)11-12;/h3,5,11,13,19H,4,6-10H2,1-2H3;1H. The molecule has 134 valence electrons. The molecule has 1 aliphatic rings. The van der Waals surface area contributed by atoms with Gasteiger partial charge in [0.05, 0.1) is 7.11 Å². The van der Waals surface area contributed by atoms with E-state index in [2.05, 4.69) is 5.32 Å². The van der Waals surface area contributed by atoms with Crippen LogP contribution in [0.3, 0.4) is 0 Å². The van der Waals surface area contributed by atoms with Crippen molar-refractivity contribution in [3.8, 4) is 5.75 Å². The first-order valence-corrected chi connectivity index (χ1v) is 7.87. The van der Waals surface area contributed by atoms with Gasteiger partial charge in [0.2, 0.25) is 5.91 Å². The fourth-order valence-corrected chi connectivity index (χ4v) is 2.78. The van der Waals surface area contributed by atoms with Crippen molar-refractivity contribution >= 4 is 24.1 Å². The number of carbonyl (C=O) groups is 2. The Balaban J connectivity index is 0.00000288. The van der Waals surface area contributed by atoms with Crippen LogP contribution < -0.4 is 10.1 Å².